The zero-order chi connectivity index (χ0) is 26.3. The van der Waals surface area contributed by atoms with Gasteiger partial charge in [0.2, 0.25) is 10.0 Å². The fourth-order valence-corrected chi connectivity index (χ4v) is 5.85. The normalized spacial score (nSPS) is 12.4. The Hall–Kier alpha value is -2.90. The van der Waals surface area contributed by atoms with E-state index < -0.39 is 21.9 Å². The molecule has 0 aliphatic rings. The van der Waals surface area contributed by atoms with Crippen molar-refractivity contribution in [3.8, 4) is 0 Å². The minimum atomic E-state index is -3.79. The number of carbonyl (C=O) groups excluding carboxylic acids is 2. The number of rotatable bonds is 11. The quantitative estimate of drug-likeness (QED) is 0.346. The number of hydrogen-bond acceptors (Lipinski definition) is 8. The summed E-state index contributed by atoms with van der Waals surface area (Å²) in [6.07, 6.45) is 0. The molecule has 0 bridgehead atoms. The Balaban J connectivity index is 1.86. The number of nitrogens with zero attached hydrogens (tertiary/aromatic N) is 3. The molecule has 0 spiro atoms. The maximum Gasteiger partial charge on any atom is 0.338 e. The molecule has 0 unspecified atom stereocenters. The first kappa shape index (κ1) is 27.7. The van der Waals surface area contributed by atoms with E-state index in [0.717, 1.165) is 10.2 Å². The van der Waals surface area contributed by atoms with Gasteiger partial charge in [-0.25, -0.2) is 13.2 Å². The topological polar surface area (TPSA) is 116 Å². The number of aromatic nitrogens is 1. The van der Waals surface area contributed by atoms with Crippen molar-refractivity contribution in [1.82, 2.24) is 8.87 Å². The van der Waals surface area contributed by atoms with Crippen LogP contribution in [0.25, 0.3) is 10.2 Å². The monoisotopic (exact) mass is 535 g/mol. The van der Waals surface area contributed by atoms with Gasteiger partial charge in [-0.3, -0.25) is 4.79 Å². The van der Waals surface area contributed by atoms with Gasteiger partial charge in [-0.05, 0) is 49.4 Å². The second-order valence-corrected chi connectivity index (χ2v) is 10.6. The first-order valence-corrected chi connectivity index (χ1v) is 13.4. The zero-order valence-corrected chi connectivity index (χ0v) is 22.2. The second kappa shape index (κ2) is 12.4. The average molecular weight is 536 g/mol. The lowest BCUT2D eigenvalue weighted by molar-refractivity contribution is 0.0526. The van der Waals surface area contributed by atoms with Crippen molar-refractivity contribution in [2.24, 2.45) is 12.0 Å². The van der Waals surface area contributed by atoms with Crippen LogP contribution in [0.1, 0.15) is 27.6 Å². The number of methoxy groups -OCH3 is 2. The largest absolute Gasteiger partial charge is 0.462 e. The van der Waals surface area contributed by atoms with E-state index in [1.807, 2.05) is 0 Å². The molecule has 0 aliphatic carbocycles. The predicted octanol–water partition coefficient (Wildman–Crippen LogP) is 2.44. The summed E-state index contributed by atoms with van der Waals surface area (Å²) < 4.78 is 45.0. The second-order valence-electron chi connectivity index (χ2n) is 7.68. The van der Waals surface area contributed by atoms with Crippen LogP contribution < -0.4 is 4.80 Å². The lowest BCUT2D eigenvalue weighted by atomic mass is 10.2. The summed E-state index contributed by atoms with van der Waals surface area (Å²) in [7, 11) is 0.984. The number of benzene rings is 2. The molecule has 0 saturated heterocycles. The number of sulfonamides is 1. The molecule has 36 heavy (non-hydrogen) atoms. The fourth-order valence-electron chi connectivity index (χ4n) is 3.39. The van der Waals surface area contributed by atoms with Crippen molar-refractivity contribution < 1.29 is 32.2 Å². The molecule has 0 N–H and O–H groups in total. The van der Waals surface area contributed by atoms with Crippen LogP contribution in [-0.4, -0.2) is 76.3 Å². The minimum Gasteiger partial charge on any atom is -0.462 e. The van der Waals surface area contributed by atoms with Crippen molar-refractivity contribution >= 4 is 43.5 Å². The van der Waals surface area contributed by atoms with Gasteiger partial charge in [-0.15, -0.1) is 0 Å². The summed E-state index contributed by atoms with van der Waals surface area (Å²) in [5.74, 6) is -0.926. The number of fused-ring (bicyclic) bond motifs is 1. The van der Waals surface area contributed by atoms with Gasteiger partial charge < -0.3 is 18.8 Å². The van der Waals surface area contributed by atoms with Gasteiger partial charge in [-0.1, -0.05) is 11.3 Å². The molecule has 1 aromatic heterocycles. The zero-order valence-electron chi connectivity index (χ0n) is 20.6. The minimum absolute atomic E-state index is 0.0603. The molecule has 0 saturated carbocycles. The molecule has 1 heterocycles. The van der Waals surface area contributed by atoms with E-state index in [1.165, 1.54) is 54.1 Å². The van der Waals surface area contributed by atoms with Gasteiger partial charge in [0, 0.05) is 39.9 Å². The number of esters is 1. The third kappa shape index (κ3) is 6.26. The van der Waals surface area contributed by atoms with Crippen LogP contribution in [0.15, 0.2) is 52.4 Å². The smallest absolute Gasteiger partial charge is 0.338 e. The molecule has 1 amide bonds. The molecule has 12 heteroatoms. The lowest BCUT2D eigenvalue weighted by Crippen LogP contribution is -2.36. The lowest BCUT2D eigenvalue weighted by Gasteiger charge is -2.21. The van der Waals surface area contributed by atoms with E-state index in [-0.39, 0.29) is 43.4 Å². The highest BCUT2D eigenvalue weighted by molar-refractivity contribution is 7.89. The molecule has 2 aromatic carbocycles. The Kier molecular flexibility index (Phi) is 9.51. The average Bonchev–Trinajstić information content (AvgIpc) is 3.18. The summed E-state index contributed by atoms with van der Waals surface area (Å²) in [4.78, 5) is 29.6. The highest BCUT2D eigenvalue weighted by Crippen LogP contribution is 2.20. The van der Waals surface area contributed by atoms with Gasteiger partial charge in [0.05, 0.1) is 40.5 Å². The molecule has 0 radical (unpaired) electrons. The summed E-state index contributed by atoms with van der Waals surface area (Å²) in [5, 5.41) is 0. The fraction of sp³-hybridized carbons (Fsp3) is 0.375. The Bertz CT molecular complexity index is 1390. The SMILES string of the molecule is CCOC(=O)c1ccc2c(c1)sc(=NC(=O)c1ccc(S(=O)(=O)N(CCOC)CCOC)cc1)n2C. The predicted molar refractivity (Wildman–Crippen MR) is 136 cm³/mol. The van der Waals surface area contributed by atoms with Crippen LogP contribution in [0.2, 0.25) is 0 Å². The van der Waals surface area contributed by atoms with Crippen molar-refractivity contribution in [2.75, 3.05) is 47.1 Å². The van der Waals surface area contributed by atoms with Gasteiger partial charge >= 0.3 is 5.97 Å². The van der Waals surface area contributed by atoms with Crippen molar-refractivity contribution in [3.63, 3.8) is 0 Å². The molecule has 194 valence electrons. The Morgan fingerprint density at radius 2 is 1.61 bits per heavy atom. The number of hydrogen-bond donors (Lipinski definition) is 0. The molecule has 0 atom stereocenters. The molecule has 0 aliphatic heterocycles. The van der Waals surface area contributed by atoms with Gasteiger partial charge in [-0.2, -0.15) is 9.30 Å². The van der Waals surface area contributed by atoms with Crippen LogP contribution in [0.3, 0.4) is 0 Å². The number of carbonyl (C=O) groups is 2. The van der Waals surface area contributed by atoms with Gasteiger partial charge in [0.25, 0.3) is 5.91 Å². The Morgan fingerprint density at radius 3 is 2.19 bits per heavy atom. The Labute approximate surface area is 213 Å². The molecule has 3 rings (SSSR count). The number of amides is 1. The summed E-state index contributed by atoms with van der Waals surface area (Å²) in [5.41, 5.74) is 1.48. The maximum atomic E-state index is 13.0. The third-order valence-corrected chi connectivity index (χ3v) is 8.35. The van der Waals surface area contributed by atoms with E-state index in [2.05, 4.69) is 4.99 Å². The third-order valence-electron chi connectivity index (χ3n) is 5.35. The van der Waals surface area contributed by atoms with E-state index in [4.69, 9.17) is 14.2 Å². The summed E-state index contributed by atoms with van der Waals surface area (Å²) in [6, 6.07) is 10.8. The van der Waals surface area contributed by atoms with Crippen LogP contribution in [0.4, 0.5) is 0 Å². The molecular weight excluding hydrogens is 506 g/mol. The number of thiazole rings is 1. The molecular formula is C24H29N3O7S2. The van der Waals surface area contributed by atoms with Gasteiger partial charge in [0.15, 0.2) is 4.80 Å². The van der Waals surface area contributed by atoms with Crippen LogP contribution in [-0.2, 0) is 31.3 Å². The Morgan fingerprint density at radius 1 is 1.00 bits per heavy atom. The summed E-state index contributed by atoms with van der Waals surface area (Å²) >= 11 is 1.26. The van der Waals surface area contributed by atoms with Gasteiger partial charge in [0.1, 0.15) is 0 Å². The van der Waals surface area contributed by atoms with Crippen molar-refractivity contribution in [2.45, 2.75) is 11.8 Å². The first-order chi connectivity index (χ1) is 17.2. The first-order valence-electron chi connectivity index (χ1n) is 11.2. The molecule has 10 nitrogen and oxygen atoms in total. The van der Waals surface area contributed by atoms with E-state index in [1.54, 1.807) is 36.7 Å². The van der Waals surface area contributed by atoms with Crippen LogP contribution in [0, 0.1) is 0 Å². The summed E-state index contributed by atoms with van der Waals surface area (Å²) in [6.45, 7) is 2.86. The highest BCUT2D eigenvalue weighted by Gasteiger charge is 2.24. The van der Waals surface area contributed by atoms with Crippen molar-refractivity contribution in [3.05, 3.63) is 58.4 Å². The van der Waals surface area contributed by atoms with Crippen molar-refractivity contribution in [1.29, 1.82) is 0 Å². The van der Waals surface area contributed by atoms with E-state index in [0.29, 0.717) is 10.4 Å². The maximum absolute atomic E-state index is 13.0. The molecule has 0 fully saturated rings. The molecule has 3 aromatic rings. The number of aryl methyl sites for hydroxylation is 1. The van der Waals surface area contributed by atoms with Crippen LogP contribution in [0.5, 0.6) is 0 Å². The number of ether oxygens (including phenoxy) is 3. The standard InChI is InChI=1S/C24H29N3O7S2/c1-5-34-23(29)18-8-11-20-21(16-18)35-24(26(20)2)25-22(28)17-6-9-19(10-7-17)36(30,31)27(12-14-32-3)13-15-33-4/h6-11,16H,5,12-15H2,1-4H3. The van der Waals surface area contributed by atoms with E-state index >= 15 is 0 Å². The van der Waals surface area contributed by atoms with Crippen LogP contribution >= 0.6 is 11.3 Å². The van der Waals surface area contributed by atoms with E-state index in [9.17, 15) is 18.0 Å². The highest BCUT2D eigenvalue weighted by atomic mass is 32.2.